The van der Waals surface area contributed by atoms with Gasteiger partial charge in [0.15, 0.2) is 0 Å². The first kappa shape index (κ1) is 13.4. The number of alkyl halides is 1. The number of carbonyl (C=O) groups is 1. The Kier molecular flexibility index (Phi) is 4.08. The smallest absolute Gasteiger partial charge is 0.229 e. The summed E-state index contributed by atoms with van der Waals surface area (Å²) >= 11 is 7.29. The molecule has 2 atom stereocenters. The Labute approximate surface area is 123 Å². The lowest BCUT2D eigenvalue weighted by atomic mass is 9.85. The van der Waals surface area contributed by atoms with Crippen molar-refractivity contribution < 1.29 is 4.79 Å². The Bertz CT molecular complexity index is 462. The SMILES string of the molecule is O=C(Cc1nc(CCl)cs1)N1CCC2CCCCC21. The molecular formula is C14H19ClN2OS. The van der Waals surface area contributed by atoms with Gasteiger partial charge in [0.1, 0.15) is 5.01 Å². The summed E-state index contributed by atoms with van der Waals surface area (Å²) in [6.45, 7) is 0.946. The van der Waals surface area contributed by atoms with Gasteiger partial charge in [-0.2, -0.15) is 0 Å². The number of carbonyl (C=O) groups excluding carboxylic acids is 1. The normalized spacial score (nSPS) is 26.5. The maximum atomic E-state index is 12.4. The first-order valence-corrected chi connectivity index (χ1v) is 8.48. The Morgan fingerprint density at radius 3 is 3.05 bits per heavy atom. The molecule has 1 aliphatic carbocycles. The van der Waals surface area contributed by atoms with Crippen LogP contribution in [0.5, 0.6) is 0 Å². The number of hydrogen-bond acceptors (Lipinski definition) is 3. The molecule has 5 heteroatoms. The van der Waals surface area contributed by atoms with Crippen LogP contribution in [-0.4, -0.2) is 28.4 Å². The van der Waals surface area contributed by atoms with E-state index in [1.54, 1.807) is 11.3 Å². The van der Waals surface area contributed by atoms with Crippen LogP contribution in [0.1, 0.15) is 42.8 Å². The summed E-state index contributed by atoms with van der Waals surface area (Å²) in [6, 6.07) is 0.508. The molecule has 2 heterocycles. The number of amides is 1. The third-order valence-corrected chi connectivity index (χ3v) is 5.54. The molecule has 0 bridgehead atoms. The number of fused-ring (bicyclic) bond motifs is 1. The molecule has 0 spiro atoms. The van der Waals surface area contributed by atoms with Crippen molar-refractivity contribution in [2.75, 3.05) is 6.54 Å². The van der Waals surface area contributed by atoms with E-state index >= 15 is 0 Å². The molecule has 2 fully saturated rings. The molecule has 0 radical (unpaired) electrons. The fraction of sp³-hybridized carbons (Fsp3) is 0.714. The van der Waals surface area contributed by atoms with E-state index in [-0.39, 0.29) is 5.91 Å². The van der Waals surface area contributed by atoms with Crippen LogP contribution in [0.4, 0.5) is 0 Å². The van der Waals surface area contributed by atoms with Gasteiger partial charge in [-0.15, -0.1) is 22.9 Å². The molecule has 1 aromatic rings. The second kappa shape index (κ2) is 5.80. The monoisotopic (exact) mass is 298 g/mol. The van der Waals surface area contributed by atoms with Gasteiger partial charge in [0.25, 0.3) is 0 Å². The van der Waals surface area contributed by atoms with Gasteiger partial charge in [-0.1, -0.05) is 12.8 Å². The van der Waals surface area contributed by atoms with Gasteiger partial charge in [-0.25, -0.2) is 4.98 Å². The standard InChI is InChI=1S/C14H19ClN2OS/c15-8-11-9-19-13(16-11)7-14(18)17-6-5-10-3-1-2-4-12(10)17/h9-10,12H,1-8H2. The summed E-state index contributed by atoms with van der Waals surface area (Å²) in [5.74, 6) is 1.44. The van der Waals surface area contributed by atoms with Crippen molar-refractivity contribution >= 4 is 28.8 Å². The maximum Gasteiger partial charge on any atom is 0.229 e. The van der Waals surface area contributed by atoms with Crippen molar-refractivity contribution in [3.63, 3.8) is 0 Å². The summed E-state index contributed by atoms with van der Waals surface area (Å²) in [5.41, 5.74) is 0.881. The molecule has 0 aromatic carbocycles. The van der Waals surface area contributed by atoms with Crippen LogP contribution in [0.3, 0.4) is 0 Å². The van der Waals surface area contributed by atoms with Gasteiger partial charge in [0, 0.05) is 18.0 Å². The molecule has 3 rings (SSSR count). The molecule has 104 valence electrons. The van der Waals surface area contributed by atoms with Crippen molar-refractivity contribution in [2.24, 2.45) is 5.92 Å². The molecule has 1 aromatic heterocycles. The Morgan fingerprint density at radius 2 is 2.26 bits per heavy atom. The van der Waals surface area contributed by atoms with Crippen LogP contribution in [0.25, 0.3) is 0 Å². The third-order valence-electron chi connectivity index (χ3n) is 4.37. The van der Waals surface area contributed by atoms with E-state index in [0.29, 0.717) is 18.3 Å². The van der Waals surface area contributed by atoms with Crippen molar-refractivity contribution in [3.05, 3.63) is 16.1 Å². The zero-order chi connectivity index (χ0) is 13.2. The minimum absolute atomic E-state index is 0.255. The molecule has 2 aliphatic rings. The minimum atomic E-state index is 0.255. The number of nitrogens with zero attached hydrogens (tertiary/aromatic N) is 2. The second-order valence-electron chi connectivity index (χ2n) is 5.53. The summed E-state index contributed by atoms with van der Waals surface area (Å²) in [6.07, 6.45) is 6.77. The number of hydrogen-bond donors (Lipinski definition) is 0. The molecule has 1 aliphatic heterocycles. The first-order valence-electron chi connectivity index (χ1n) is 7.06. The number of thiazole rings is 1. The summed E-state index contributed by atoms with van der Waals surface area (Å²) in [5, 5.41) is 2.85. The predicted molar refractivity (Wildman–Crippen MR) is 77.5 cm³/mol. The van der Waals surface area contributed by atoms with Crippen molar-refractivity contribution in [3.8, 4) is 0 Å². The highest BCUT2D eigenvalue weighted by Gasteiger charge is 2.38. The number of rotatable bonds is 3. The number of likely N-dealkylation sites (tertiary alicyclic amines) is 1. The van der Waals surface area contributed by atoms with E-state index in [2.05, 4.69) is 9.88 Å². The summed E-state index contributed by atoms with van der Waals surface area (Å²) in [4.78, 5) is 18.9. The minimum Gasteiger partial charge on any atom is -0.339 e. The second-order valence-corrected chi connectivity index (χ2v) is 6.74. The molecule has 3 nitrogen and oxygen atoms in total. The highest BCUT2D eigenvalue weighted by atomic mass is 35.5. The molecule has 19 heavy (non-hydrogen) atoms. The van der Waals surface area contributed by atoms with E-state index < -0.39 is 0 Å². The lowest BCUT2D eigenvalue weighted by molar-refractivity contribution is -0.132. The zero-order valence-corrected chi connectivity index (χ0v) is 12.6. The largest absolute Gasteiger partial charge is 0.339 e. The maximum absolute atomic E-state index is 12.4. The van der Waals surface area contributed by atoms with Crippen LogP contribution in [0, 0.1) is 5.92 Å². The highest BCUT2D eigenvalue weighted by Crippen LogP contribution is 2.36. The third kappa shape index (κ3) is 2.79. The number of halogens is 1. The summed E-state index contributed by atoms with van der Waals surface area (Å²) < 4.78 is 0. The molecular weight excluding hydrogens is 280 g/mol. The Balaban J connectivity index is 1.63. The fourth-order valence-corrected chi connectivity index (χ4v) is 4.45. The molecule has 2 unspecified atom stereocenters. The van der Waals surface area contributed by atoms with Crippen molar-refractivity contribution in [1.29, 1.82) is 0 Å². The first-order chi connectivity index (χ1) is 9.28. The van der Waals surface area contributed by atoms with Crippen LogP contribution in [-0.2, 0) is 17.1 Å². The van der Waals surface area contributed by atoms with E-state index in [1.165, 1.54) is 32.1 Å². The van der Waals surface area contributed by atoms with E-state index in [1.807, 2.05) is 5.38 Å². The van der Waals surface area contributed by atoms with Crippen molar-refractivity contribution in [2.45, 2.75) is 50.4 Å². The number of aromatic nitrogens is 1. The van der Waals surface area contributed by atoms with Crippen LogP contribution in [0.15, 0.2) is 5.38 Å². The van der Waals surface area contributed by atoms with Gasteiger partial charge in [0.2, 0.25) is 5.91 Å². The summed E-state index contributed by atoms with van der Waals surface area (Å²) in [7, 11) is 0. The van der Waals surface area contributed by atoms with E-state index in [0.717, 1.165) is 23.2 Å². The average molecular weight is 299 g/mol. The van der Waals surface area contributed by atoms with Gasteiger partial charge in [0.05, 0.1) is 18.0 Å². The van der Waals surface area contributed by atoms with Crippen molar-refractivity contribution in [1.82, 2.24) is 9.88 Å². The van der Waals surface area contributed by atoms with Crippen LogP contribution < -0.4 is 0 Å². The fourth-order valence-electron chi connectivity index (χ4n) is 3.44. The van der Waals surface area contributed by atoms with E-state index in [4.69, 9.17) is 11.6 Å². The van der Waals surface area contributed by atoms with Gasteiger partial charge in [-0.3, -0.25) is 4.79 Å². The Hall–Kier alpha value is -0.610. The molecule has 1 saturated carbocycles. The highest BCUT2D eigenvalue weighted by molar-refractivity contribution is 7.09. The lowest BCUT2D eigenvalue weighted by Gasteiger charge is -2.31. The molecule has 1 amide bonds. The molecule has 0 N–H and O–H groups in total. The topological polar surface area (TPSA) is 33.2 Å². The quantitative estimate of drug-likeness (QED) is 0.803. The zero-order valence-electron chi connectivity index (χ0n) is 11.0. The van der Waals surface area contributed by atoms with Gasteiger partial charge in [-0.05, 0) is 25.2 Å². The van der Waals surface area contributed by atoms with Crippen LogP contribution in [0.2, 0.25) is 0 Å². The average Bonchev–Trinajstić information content (AvgIpc) is 3.04. The Morgan fingerprint density at radius 1 is 1.42 bits per heavy atom. The predicted octanol–water partition coefficient (Wildman–Crippen LogP) is 3.22. The van der Waals surface area contributed by atoms with E-state index in [9.17, 15) is 4.79 Å². The van der Waals surface area contributed by atoms with Gasteiger partial charge < -0.3 is 4.90 Å². The molecule has 1 saturated heterocycles. The van der Waals surface area contributed by atoms with Crippen LogP contribution >= 0.6 is 22.9 Å². The van der Waals surface area contributed by atoms with Gasteiger partial charge >= 0.3 is 0 Å². The lowest BCUT2D eigenvalue weighted by Crippen LogP contribution is -2.40.